The van der Waals surface area contributed by atoms with Crippen LogP contribution in [0, 0.1) is 0 Å². The third kappa shape index (κ3) is 2.43. The highest BCUT2D eigenvalue weighted by atomic mass is 35.5. The molecule has 3 rings (SSSR count). The fourth-order valence-corrected chi connectivity index (χ4v) is 2.16. The molecule has 0 saturated carbocycles. The number of fused-ring (bicyclic) bond motifs is 1. The first-order chi connectivity index (χ1) is 10.1. The van der Waals surface area contributed by atoms with Gasteiger partial charge in [-0.25, -0.2) is 9.50 Å². The highest BCUT2D eigenvalue weighted by molar-refractivity contribution is 6.42. The average Bonchev–Trinajstić information content (AvgIpc) is 2.94. The number of carbonyl (C=O) groups is 2. The van der Waals surface area contributed by atoms with Crippen LogP contribution in [0.1, 0.15) is 17.4 Å². The smallest absolute Gasteiger partial charge is 0.246 e. The van der Waals surface area contributed by atoms with E-state index < -0.39 is 11.6 Å². The second kappa shape index (κ2) is 5.10. The van der Waals surface area contributed by atoms with Gasteiger partial charge >= 0.3 is 0 Å². The van der Waals surface area contributed by atoms with E-state index in [-0.39, 0.29) is 5.69 Å². The van der Waals surface area contributed by atoms with Gasteiger partial charge in [0.05, 0.1) is 11.9 Å². The molecule has 2 heterocycles. The summed E-state index contributed by atoms with van der Waals surface area (Å²) in [7, 11) is 0. The minimum absolute atomic E-state index is 0.112. The highest BCUT2D eigenvalue weighted by Crippen LogP contribution is 2.23. The van der Waals surface area contributed by atoms with Gasteiger partial charge in [-0.15, -0.1) is 0 Å². The number of hydrogen-bond acceptors (Lipinski definition) is 4. The molecule has 0 aliphatic rings. The van der Waals surface area contributed by atoms with Gasteiger partial charge < -0.3 is 0 Å². The summed E-state index contributed by atoms with van der Waals surface area (Å²) in [6, 6.07) is 10.4. The van der Waals surface area contributed by atoms with Crippen LogP contribution < -0.4 is 0 Å². The maximum atomic E-state index is 11.9. The minimum atomic E-state index is -0.617. The van der Waals surface area contributed by atoms with Crippen molar-refractivity contribution in [2.75, 3.05) is 0 Å². The van der Waals surface area contributed by atoms with E-state index in [1.165, 1.54) is 6.92 Å². The van der Waals surface area contributed by atoms with Gasteiger partial charge in [0, 0.05) is 23.6 Å². The van der Waals surface area contributed by atoms with Crippen LogP contribution in [0.5, 0.6) is 0 Å². The van der Waals surface area contributed by atoms with Gasteiger partial charge in [-0.2, -0.15) is 5.10 Å². The van der Waals surface area contributed by atoms with Gasteiger partial charge in [-0.3, -0.25) is 9.59 Å². The molecule has 104 valence electrons. The number of Topliss-reactive ketones (excluding diaryl/α,β-unsaturated/α-hetero) is 2. The third-order valence-corrected chi connectivity index (χ3v) is 3.30. The monoisotopic (exact) mass is 299 g/mol. The Morgan fingerprint density at radius 1 is 1.14 bits per heavy atom. The van der Waals surface area contributed by atoms with Gasteiger partial charge in [0.15, 0.2) is 5.65 Å². The molecule has 0 amide bonds. The van der Waals surface area contributed by atoms with E-state index >= 15 is 0 Å². The molecule has 0 bridgehead atoms. The van der Waals surface area contributed by atoms with E-state index in [4.69, 9.17) is 11.6 Å². The first-order valence-electron chi connectivity index (χ1n) is 6.22. The fraction of sp³-hybridized carbons (Fsp3) is 0.0667. The summed E-state index contributed by atoms with van der Waals surface area (Å²) in [4.78, 5) is 27.3. The van der Waals surface area contributed by atoms with Gasteiger partial charge in [-0.1, -0.05) is 23.7 Å². The molecule has 0 aliphatic heterocycles. The standard InChI is InChI=1S/C15H10ClN3O2/c1-9(20)15(21)12-8-13(10-2-4-11(16)5-3-10)19-14(18-12)6-7-17-19/h2-8H,1H3. The maximum Gasteiger partial charge on any atom is 0.246 e. The fourth-order valence-electron chi connectivity index (χ4n) is 2.04. The van der Waals surface area contributed by atoms with Crippen molar-refractivity contribution >= 4 is 28.8 Å². The summed E-state index contributed by atoms with van der Waals surface area (Å²) in [5, 5.41) is 4.80. The van der Waals surface area contributed by atoms with Crippen LogP contribution in [0.3, 0.4) is 0 Å². The zero-order chi connectivity index (χ0) is 15.0. The van der Waals surface area contributed by atoms with Crippen molar-refractivity contribution in [3.8, 4) is 11.3 Å². The van der Waals surface area contributed by atoms with Gasteiger partial charge in [0.25, 0.3) is 0 Å². The number of nitrogens with zero attached hydrogens (tertiary/aromatic N) is 3. The molecule has 0 saturated heterocycles. The molecule has 0 fully saturated rings. The Kier molecular flexibility index (Phi) is 3.27. The Hall–Kier alpha value is -2.53. The van der Waals surface area contributed by atoms with E-state index in [2.05, 4.69) is 10.1 Å². The Balaban J connectivity index is 2.25. The Labute approximate surface area is 125 Å². The largest absolute Gasteiger partial charge is 0.291 e. The summed E-state index contributed by atoms with van der Waals surface area (Å²) < 4.78 is 1.61. The molecule has 6 heteroatoms. The second-order valence-corrected chi connectivity index (χ2v) is 4.96. The molecule has 2 aromatic heterocycles. The van der Waals surface area contributed by atoms with Gasteiger partial charge in [0.2, 0.25) is 11.6 Å². The van der Waals surface area contributed by atoms with Crippen LogP contribution in [0.15, 0.2) is 42.6 Å². The number of hydrogen-bond donors (Lipinski definition) is 0. The van der Waals surface area contributed by atoms with E-state index in [1.54, 1.807) is 35.0 Å². The number of aromatic nitrogens is 3. The van der Waals surface area contributed by atoms with Gasteiger partial charge in [-0.05, 0) is 18.2 Å². The molecule has 0 spiro atoms. The van der Waals surface area contributed by atoms with Crippen LogP contribution in [-0.2, 0) is 4.79 Å². The summed E-state index contributed by atoms with van der Waals surface area (Å²) in [5.41, 5.74) is 2.12. The van der Waals surface area contributed by atoms with E-state index in [0.29, 0.717) is 16.4 Å². The van der Waals surface area contributed by atoms with Crippen LogP contribution >= 0.6 is 11.6 Å². The number of benzene rings is 1. The number of rotatable bonds is 3. The quantitative estimate of drug-likeness (QED) is 0.551. The predicted octanol–water partition coefficient (Wildman–Crippen LogP) is 2.82. The lowest BCUT2D eigenvalue weighted by molar-refractivity contribution is -0.113. The summed E-state index contributed by atoms with van der Waals surface area (Å²) in [6.45, 7) is 1.23. The topological polar surface area (TPSA) is 64.3 Å². The minimum Gasteiger partial charge on any atom is -0.291 e. The lowest BCUT2D eigenvalue weighted by Crippen LogP contribution is -2.13. The van der Waals surface area contributed by atoms with Gasteiger partial charge in [0.1, 0.15) is 5.69 Å². The molecule has 3 aromatic rings. The summed E-state index contributed by atoms with van der Waals surface area (Å²) in [6.07, 6.45) is 1.59. The zero-order valence-corrected chi connectivity index (χ0v) is 11.8. The maximum absolute atomic E-state index is 11.9. The molecule has 1 aromatic carbocycles. The number of carbonyl (C=O) groups excluding carboxylic acids is 2. The molecule has 0 radical (unpaired) electrons. The molecule has 0 N–H and O–H groups in total. The average molecular weight is 300 g/mol. The molecule has 5 nitrogen and oxygen atoms in total. The second-order valence-electron chi connectivity index (χ2n) is 4.52. The lowest BCUT2D eigenvalue weighted by atomic mass is 10.1. The van der Waals surface area contributed by atoms with Crippen LogP contribution in [0.2, 0.25) is 5.02 Å². The van der Waals surface area contributed by atoms with Crippen molar-refractivity contribution in [2.24, 2.45) is 0 Å². The van der Waals surface area contributed by atoms with E-state index in [0.717, 1.165) is 5.56 Å². The first-order valence-corrected chi connectivity index (χ1v) is 6.60. The molecule has 0 atom stereocenters. The predicted molar refractivity (Wildman–Crippen MR) is 78.4 cm³/mol. The lowest BCUT2D eigenvalue weighted by Gasteiger charge is -2.07. The Morgan fingerprint density at radius 2 is 1.86 bits per heavy atom. The molecular formula is C15H10ClN3O2. The van der Waals surface area contributed by atoms with Crippen molar-refractivity contribution in [3.63, 3.8) is 0 Å². The Bertz CT molecular complexity index is 853. The molecule has 21 heavy (non-hydrogen) atoms. The molecular weight excluding hydrogens is 290 g/mol. The van der Waals surface area contributed by atoms with Crippen molar-refractivity contribution in [3.05, 3.63) is 53.3 Å². The third-order valence-electron chi connectivity index (χ3n) is 3.05. The SMILES string of the molecule is CC(=O)C(=O)c1cc(-c2ccc(Cl)cc2)n2nccc2n1. The van der Waals surface area contributed by atoms with E-state index in [1.807, 2.05) is 12.1 Å². The van der Waals surface area contributed by atoms with Crippen molar-refractivity contribution in [1.29, 1.82) is 0 Å². The summed E-state index contributed by atoms with van der Waals surface area (Å²) in [5.74, 6) is -1.16. The van der Waals surface area contributed by atoms with Crippen LogP contribution in [0.25, 0.3) is 16.9 Å². The molecule has 0 aliphatic carbocycles. The number of ketones is 2. The molecule has 0 unspecified atom stereocenters. The van der Waals surface area contributed by atoms with Crippen molar-refractivity contribution in [1.82, 2.24) is 14.6 Å². The normalized spacial score (nSPS) is 10.8. The van der Waals surface area contributed by atoms with Crippen molar-refractivity contribution in [2.45, 2.75) is 6.92 Å². The summed E-state index contributed by atoms with van der Waals surface area (Å²) >= 11 is 5.89. The zero-order valence-electron chi connectivity index (χ0n) is 11.1. The van der Waals surface area contributed by atoms with Crippen molar-refractivity contribution < 1.29 is 9.59 Å². The van der Waals surface area contributed by atoms with Crippen LogP contribution in [0.4, 0.5) is 0 Å². The number of halogens is 1. The highest BCUT2D eigenvalue weighted by Gasteiger charge is 2.17. The van der Waals surface area contributed by atoms with Crippen LogP contribution in [-0.4, -0.2) is 26.2 Å². The first kappa shape index (κ1) is 13.5. The van der Waals surface area contributed by atoms with E-state index in [9.17, 15) is 9.59 Å². The Morgan fingerprint density at radius 3 is 2.52 bits per heavy atom.